The fraction of sp³-hybridized carbons (Fsp3) is 0.750. The van der Waals surface area contributed by atoms with Crippen LogP contribution < -0.4 is 0 Å². The minimum Gasteiger partial charge on any atom is -0.395 e. The standard InChI is InChI=1S/C8H15NO2/c1-11-7-8(6-10)9-4-2-3-5-9/h2-3,8,10H,4-7H2,1H3. The molecule has 0 bridgehead atoms. The van der Waals surface area contributed by atoms with Crippen LogP contribution in [0.15, 0.2) is 12.2 Å². The van der Waals surface area contributed by atoms with Gasteiger partial charge >= 0.3 is 0 Å². The van der Waals surface area contributed by atoms with E-state index in [2.05, 4.69) is 17.1 Å². The fourth-order valence-electron chi connectivity index (χ4n) is 1.26. The van der Waals surface area contributed by atoms with E-state index in [0.29, 0.717) is 6.61 Å². The Balaban J connectivity index is 2.29. The Morgan fingerprint density at radius 3 is 2.64 bits per heavy atom. The lowest BCUT2D eigenvalue weighted by molar-refractivity contribution is 0.0685. The van der Waals surface area contributed by atoms with Gasteiger partial charge in [-0.3, -0.25) is 4.90 Å². The summed E-state index contributed by atoms with van der Waals surface area (Å²) < 4.78 is 4.98. The highest BCUT2D eigenvalue weighted by atomic mass is 16.5. The molecule has 0 saturated carbocycles. The Labute approximate surface area is 67.3 Å². The van der Waals surface area contributed by atoms with E-state index in [9.17, 15) is 0 Å². The maximum atomic E-state index is 8.97. The Kier molecular flexibility index (Phi) is 3.56. The van der Waals surface area contributed by atoms with Crippen LogP contribution in [0.25, 0.3) is 0 Å². The molecule has 0 spiro atoms. The van der Waals surface area contributed by atoms with E-state index in [1.807, 2.05) is 0 Å². The van der Waals surface area contributed by atoms with E-state index in [0.717, 1.165) is 13.1 Å². The van der Waals surface area contributed by atoms with Gasteiger partial charge in [0.2, 0.25) is 0 Å². The molecule has 1 atom stereocenters. The number of hydrogen-bond donors (Lipinski definition) is 1. The third-order valence-corrected chi connectivity index (χ3v) is 1.93. The Hall–Kier alpha value is -0.380. The van der Waals surface area contributed by atoms with E-state index >= 15 is 0 Å². The van der Waals surface area contributed by atoms with Gasteiger partial charge in [-0.15, -0.1) is 0 Å². The van der Waals surface area contributed by atoms with Gasteiger partial charge in [0.15, 0.2) is 0 Å². The molecule has 0 aromatic carbocycles. The quantitative estimate of drug-likeness (QED) is 0.577. The molecule has 1 rings (SSSR count). The van der Waals surface area contributed by atoms with E-state index < -0.39 is 0 Å². The van der Waals surface area contributed by atoms with Crippen molar-refractivity contribution < 1.29 is 9.84 Å². The SMILES string of the molecule is COCC(CO)N1CC=CC1. The Bertz CT molecular complexity index is 128. The second kappa shape index (κ2) is 4.49. The zero-order valence-corrected chi connectivity index (χ0v) is 6.86. The molecule has 0 aliphatic carbocycles. The predicted molar refractivity (Wildman–Crippen MR) is 43.5 cm³/mol. The molecule has 3 nitrogen and oxygen atoms in total. The molecule has 0 aromatic heterocycles. The summed E-state index contributed by atoms with van der Waals surface area (Å²) in [5.41, 5.74) is 0. The highest BCUT2D eigenvalue weighted by Gasteiger charge is 2.17. The summed E-state index contributed by atoms with van der Waals surface area (Å²) in [6.45, 7) is 2.66. The highest BCUT2D eigenvalue weighted by molar-refractivity contribution is 4.97. The van der Waals surface area contributed by atoms with Crippen molar-refractivity contribution in [2.75, 3.05) is 33.4 Å². The van der Waals surface area contributed by atoms with Crippen molar-refractivity contribution in [2.45, 2.75) is 6.04 Å². The van der Waals surface area contributed by atoms with Crippen molar-refractivity contribution in [2.24, 2.45) is 0 Å². The van der Waals surface area contributed by atoms with Crippen LogP contribution >= 0.6 is 0 Å². The maximum Gasteiger partial charge on any atom is 0.0640 e. The molecule has 1 aliphatic rings. The summed E-state index contributed by atoms with van der Waals surface area (Å²) in [6, 6.07) is 0.162. The number of methoxy groups -OCH3 is 1. The third kappa shape index (κ3) is 2.29. The minimum absolute atomic E-state index is 0.162. The first-order chi connectivity index (χ1) is 5.38. The topological polar surface area (TPSA) is 32.7 Å². The molecule has 1 heterocycles. The van der Waals surface area contributed by atoms with Gasteiger partial charge in [0.25, 0.3) is 0 Å². The monoisotopic (exact) mass is 157 g/mol. The lowest BCUT2D eigenvalue weighted by Crippen LogP contribution is -2.39. The summed E-state index contributed by atoms with van der Waals surface area (Å²) in [5.74, 6) is 0. The van der Waals surface area contributed by atoms with Crippen LogP contribution in [0.2, 0.25) is 0 Å². The molecule has 0 fully saturated rings. The van der Waals surface area contributed by atoms with Crippen molar-refractivity contribution in [1.82, 2.24) is 4.90 Å². The third-order valence-electron chi connectivity index (χ3n) is 1.93. The molecule has 1 unspecified atom stereocenters. The van der Waals surface area contributed by atoms with Crippen LogP contribution in [-0.4, -0.2) is 49.5 Å². The zero-order chi connectivity index (χ0) is 8.10. The van der Waals surface area contributed by atoms with E-state index in [4.69, 9.17) is 9.84 Å². The van der Waals surface area contributed by atoms with Crippen LogP contribution in [0.5, 0.6) is 0 Å². The fourth-order valence-corrected chi connectivity index (χ4v) is 1.26. The van der Waals surface area contributed by atoms with Gasteiger partial charge in [0.05, 0.1) is 19.3 Å². The number of ether oxygens (including phenoxy) is 1. The molecule has 0 aromatic rings. The van der Waals surface area contributed by atoms with Crippen molar-refractivity contribution in [1.29, 1.82) is 0 Å². The molecule has 64 valence electrons. The van der Waals surface area contributed by atoms with Crippen LogP contribution in [0, 0.1) is 0 Å². The normalized spacial score (nSPS) is 20.9. The average Bonchev–Trinajstić information content (AvgIpc) is 2.52. The second-order valence-electron chi connectivity index (χ2n) is 2.72. The smallest absolute Gasteiger partial charge is 0.0640 e. The molecule has 11 heavy (non-hydrogen) atoms. The largest absolute Gasteiger partial charge is 0.395 e. The van der Waals surface area contributed by atoms with Gasteiger partial charge in [-0.2, -0.15) is 0 Å². The first-order valence-electron chi connectivity index (χ1n) is 3.87. The van der Waals surface area contributed by atoms with Crippen molar-refractivity contribution >= 4 is 0 Å². The van der Waals surface area contributed by atoms with Crippen LogP contribution in [0.3, 0.4) is 0 Å². The number of nitrogens with zero attached hydrogens (tertiary/aromatic N) is 1. The summed E-state index contributed by atoms with van der Waals surface area (Å²) in [6.07, 6.45) is 4.22. The van der Waals surface area contributed by atoms with Gasteiger partial charge in [0.1, 0.15) is 0 Å². The number of rotatable bonds is 4. The molecule has 0 saturated heterocycles. The summed E-state index contributed by atoms with van der Waals surface area (Å²) >= 11 is 0. The van der Waals surface area contributed by atoms with Crippen LogP contribution in [-0.2, 0) is 4.74 Å². The van der Waals surface area contributed by atoms with Gasteiger partial charge < -0.3 is 9.84 Å². The minimum atomic E-state index is 0.162. The first-order valence-corrected chi connectivity index (χ1v) is 3.87. The number of aliphatic hydroxyl groups is 1. The predicted octanol–water partition coefficient (Wildman–Crippen LogP) is -0.134. The van der Waals surface area contributed by atoms with Gasteiger partial charge in [0, 0.05) is 20.2 Å². The molecule has 0 amide bonds. The second-order valence-corrected chi connectivity index (χ2v) is 2.72. The molecule has 0 radical (unpaired) electrons. The van der Waals surface area contributed by atoms with E-state index in [-0.39, 0.29) is 12.6 Å². The van der Waals surface area contributed by atoms with Gasteiger partial charge in [-0.25, -0.2) is 0 Å². The summed E-state index contributed by atoms with van der Waals surface area (Å²) in [5, 5.41) is 8.97. The van der Waals surface area contributed by atoms with E-state index in [1.54, 1.807) is 7.11 Å². The van der Waals surface area contributed by atoms with Crippen LogP contribution in [0.4, 0.5) is 0 Å². The molecule has 1 aliphatic heterocycles. The Morgan fingerprint density at radius 1 is 1.55 bits per heavy atom. The summed E-state index contributed by atoms with van der Waals surface area (Å²) in [7, 11) is 1.66. The zero-order valence-electron chi connectivity index (χ0n) is 6.86. The van der Waals surface area contributed by atoms with Crippen molar-refractivity contribution in [3.05, 3.63) is 12.2 Å². The van der Waals surface area contributed by atoms with Crippen molar-refractivity contribution in [3.63, 3.8) is 0 Å². The average molecular weight is 157 g/mol. The highest BCUT2D eigenvalue weighted by Crippen LogP contribution is 2.05. The molecular weight excluding hydrogens is 142 g/mol. The lowest BCUT2D eigenvalue weighted by atomic mass is 10.3. The van der Waals surface area contributed by atoms with Gasteiger partial charge in [-0.05, 0) is 0 Å². The van der Waals surface area contributed by atoms with E-state index in [1.165, 1.54) is 0 Å². The molecular formula is C8H15NO2. The number of hydrogen-bond acceptors (Lipinski definition) is 3. The summed E-state index contributed by atoms with van der Waals surface area (Å²) in [4.78, 5) is 2.18. The first kappa shape index (κ1) is 8.71. The Morgan fingerprint density at radius 2 is 2.18 bits per heavy atom. The maximum absolute atomic E-state index is 8.97. The molecule has 1 N–H and O–H groups in total. The van der Waals surface area contributed by atoms with Gasteiger partial charge in [-0.1, -0.05) is 12.2 Å². The van der Waals surface area contributed by atoms with Crippen molar-refractivity contribution in [3.8, 4) is 0 Å². The van der Waals surface area contributed by atoms with Crippen LogP contribution in [0.1, 0.15) is 0 Å². The molecule has 3 heteroatoms. The lowest BCUT2D eigenvalue weighted by Gasteiger charge is -2.24. The number of aliphatic hydroxyl groups excluding tert-OH is 1.